The molecule has 1 aliphatic carbocycles. The Morgan fingerprint density at radius 2 is 2.06 bits per heavy atom. The highest BCUT2D eigenvalue weighted by Gasteiger charge is 2.28. The second-order valence-electron chi connectivity index (χ2n) is 5.47. The highest BCUT2D eigenvalue weighted by atomic mass is 32.1. The van der Waals surface area contributed by atoms with E-state index in [1.165, 1.54) is 11.3 Å². The lowest BCUT2D eigenvalue weighted by Gasteiger charge is -2.35. The molecule has 0 bridgehead atoms. The number of rotatable bonds is 1. The van der Waals surface area contributed by atoms with Gasteiger partial charge >= 0.3 is 0 Å². The van der Waals surface area contributed by atoms with Gasteiger partial charge in [-0.25, -0.2) is 4.98 Å². The summed E-state index contributed by atoms with van der Waals surface area (Å²) in [6, 6.07) is 0.148. The molecule has 5 heteroatoms. The highest BCUT2D eigenvalue weighted by Crippen LogP contribution is 2.36. The summed E-state index contributed by atoms with van der Waals surface area (Å²) in [7, 11) is 0. The first-order chi connectivity index (χ1) is 8.63. The molecular weight excluding hydrogens is 246 g/mol. The number of hydrogen-bond donors (Lipinski definition) is 1. The molecule has 2 heterocycles. The van der Waals surface area contributed by atoms with Gasteiger partial charge in [0.25, 0.3) is 0 Å². The van der Waals surface area contributed by atoms with Gasteiger partial charge in [0.1, 0.15) is 0 Å². The molecule has 0 saturated carbocycles. The summed E-state index contributed by atoms with van der Waals surface area (Å²) in [5, 5.41) is 1.14. The number of nitrogens with two attached hydrogens (primary N) is 1. The molecule has 3 rings (SSSR count). The largest absolute Gasteiger partial charge is 0.372 e. The van der Waals surface area contributed by atoms with Gasteiger partial charge in [-0.2, -0.15) is 0 Å². The minimum Gasteiger partial charge on any atom is -0.372 e. The number of nitrogens with zero attached hydrogens (tertiary/aromatic N) is 2. The van der Waals surface area contributed by atoms with Crippen LogP contribution < -0.4 is 10.6 Å². The van der Waals surface area contributed by atoms with E-state index in [1.807, 2.05) is 11.3 Å². The van der Waals surface area contributed by atoms with E-state index >= 15 is 0 Å². The van der Waals surface area contributed by atoms with E-state index < -0.39 is 0 Å². The first-order valence-corrected chi connectivity index (χ1v) is 7.60. The molecule has 2 N–H and O–H groups in total. The van der Waals surface area contributed by atoms with Gasteiger partial charge in [-0.05, 0) is 33.1 Å². The van der Waals surface area contributed by atoms with E-state index in [0.29, 0.717) is 0 Å². The van der Waals surface area contributed by atoms with Gasteiger partial charge in [-0.1, -0.05) is 0 Å². The van der Waals surface area contributed by atoms with Crippen LogP contribution in [0.25, 0.3) is 0 Å². The molecule has 4 nitrogen and oxygen atoms in total. The Morgan fingerprint density at radius 1 is 1.33 bits per heavy atom. The third kappa shape index (κ3) is 2.27. The zero-order chi connectivity index (χ0) is 12.7. The van der Waals surface area contributed by atoms with Gasteiger partial charge in [-0.3, -0.25) is 0 Å². The Labute approximate surface area is 112 Å². The molecule has 1 unspecified atom stereocenters. The summed E-state index contributed by atoms with van der Waals surface area (Å²) < 4.78 is 5.77. The van der Waals surface area contributed by atoms with E-state index in [2.05, 4.69) is 18.7 Å². The molecule has 1 aromatic heterocycles. The predicted molar refractivity (Wildman–Crippen MR) is 74.2 cm³/mol. The Hall–Kier alpha value is -0.650. The van der Waals surface area contributed by atoms with Crippen molar-refractivity contribution in [3.8, 4) is 0 Å². The second kappa shape index (κ2) is 4.79. The van der Waals surface area contributed by atoms with Crippen molar-refractivity contribution in [3.63, 3.8) is 0 Å². The van der Waals surface area contributed by atoms with Crippen LogP contribution in [-0.2, 0) is 11.2 Å². The Bertz CT molecular complexity index is 424. The number of aryl methyl sites for hydroxylation is 1. The van der Waals surface area contributed by atoms with Gasteiger partial charge in [0.15, 0.2) is 5.13 Å². The molecule has 100 valence electrons. The SMILES string of the molecule is C[C@@H]1CN(c2nc3c(s2)CCCC3N)C[C@H](C)O1. The third-order valence-corrected chi connectivity index (χ3v) is 4.87. The summed E-state index contributed by atoms with van der Waals surface area (Å²) in [6.45, 7) is 6.13. The average Bonchev–Trinajstić information content (AvgIpc) is 2.73. The van der Waals surface area contributed by atoms with E-state index in [0.717, 1.165) is 36.8 Å². The maximum atomic E-state index is 6.14. The topological polar surface area (TPSA) is 51.4 Å². The lowest BCUT2D eigenvalue weighted by atomic mass is 9.99. The molecule has 0 spiro atoms. The van der Waals surface area contributed by atoms with Crippen LogP contribution in [0, 0.1) is 0 Å². The Balaban J connectivity index is 1.84. The van der Waals surface area contributed by atoms with Crippen LogP contribution in [0.4, 0.5) is 5.13 Å². The minimum atomic E-state index is 0.148. The van der Waals surface area contributed by atoms with Crippen LogP contribution in [0.1, 0.15) is 43.3 Å². The lowest BCUT2D eigenvalue weighted by molar-refractivity contribution is -0.00523. The molecular formula is C13H21N3OS. The number of ether oxygens (including phenoxy) is 1. The van der Waals surface area contributed by atoms with Crippen molar-refractivity contribution in [2.24, 2.45) is 5.73 Å². The molecule has 1 saturated heterocycles. The van der Waals surface area contributed by atoms with E-state index in [1.54, 1.807) is 0 Å². The lowest BCUT2D eigenvalue weighted by Crippen LogP contribution is -2.45. The fourth-order valence-corrected chi connectivity index (χ4v) is 4.10. The first kappa shape index (κ1) is 12.4. The summed E-state index contributed by atoms with van der Waals surface area (Å²) in [4.78, 5) is 8.54. The maximum Gasteiger partial charge on any atom is 0.186 e. The molecule has 1 aromatic rings. The van der Waals surface area contributed by atoms with E-state index in [9.17, 15) is 0 Å². The molecule has 0 radical (unpaired) electrons. The molecule has 1 fully saturated rings. The number of morpholine rings is 1. The van der Waals surface area contributed by atoms with Gasteiger partial charge in [-0.15, -0.1) is 11.3 Å². The van der Waals surface area contributed by atoms with Crippen molar-refractivity contribution in [1.82, 2.24) is 4.98 Å². The average molecular weight is 267 g/mol. The van der Waals surface area contributed by atoms with Gasteiger partial charge < -0.3 is 15.4 Å². The number of fused-ring (bicyclic) bond motifs is 1. The number of anilines is 1. The van der Waals surface area contributed by atoms with Crippen LogP contribution in [0.2, 0.25) is 0 Å². The summed E-state index contributed by atoms with van der Waals surface area (Å²) in [5.74, 6) is 0. The summed E-state index contributed by atoms with van der Waals surface area (Å²) in [5.41, 5.74) is 7.29. The second-order valence-corrected chi connectivity index (χ2v) is 6.53. The van der Waals surface area contributed by atoms with E-state index in [-0.39, 0.29) is 18.2 Å². The molecule has 18 heavy (non-hydrogen) atoms. The van der Waals surface area contributed by atoms with Crippen LogP contribution in [-0.4, -0.2) is 30.3 Å². The zero-order valence-electron chi connectivity index (χ0n) is 11.1. The molecule has 3 atom stereocenters. The van der Waals surface area contributed by atoms with Crippen molar-refractivity contribution in [2.45, 2.75) is 51.4 Å². The van der Waals surface area contributed by atoms with Crippen molar-refractivity contribution in [2.75, 3.05) is 18.0 Å². The zero-order valence-corrected chi connectivity index (χ0v) is 11.9. The molecule has 0 aromatic carbocycles. The van der Waals surface area contributed by atoms with Crippen molar-refractivity contribution < 1.29 is 4.74 Å². The number of hydrogen-bond acceptors (Lipinski definition) is 5. The standard InChI is InChI=1S/C13H21N3OS/c1-8-6-16(7-9(2)17-8)13-15-12-10(14)4-3-5-11(12)18-13/h8-10H,3-7,14H2,1-2H3/t8-,9+,10?. The van der Waals surface area contributed by atoms with Gasteiger partial charge in [0, 0.05) is 24.0 Å². The van der Waals surface area contributed by atoms with E-state index in [4.69, 9.17) is 15.5 Å². The van der Waals surface area contributed by atoms with Crippen molar-refractivity contribution in [3.05, 3.63) is 10.6 Å². The fraction of sp³-hybridized carbons (Fsp3) is 0.769. The number of aromatic nitrogens is 1. The minimum absolute atomic E-state index is 0.148. The third-order valence-electron chi connectivity index (χ3n) is 3.68. The molecule has 0 amide bonds. The maximum absolute atomic E-state index is 6.14. The smallest absolute Gasteiger partial charge is 0.186 e. The van der Waals surface area contributed by atoms with Crippen molar-refractivity contribution in [1.29, 1.82) is 0 Å². The summed E-state index contributed by atoms with van der Waals surface area (Å²) in [6.07, 6.45) is 3.99. The monoisotopic (exact) mass is 267 g/mol. The van der Waals surface area contributed by atoms with Crippen LogP contribution in [0.15, 0.2) is 0 Å². The normalized spacial score (nSPS) is 32.4. The van der Waals surface area contributed by atoms with Crippen LogP contribution in [0.3, 0.4) is 0 Å². The fourth-order valence-electron chi connectivity index (χ4n) is 2.91. The van der Waals surface area contributed by atoms with Crippen LogP contribution in [0.5, 0.6) is 0 Å². The van der Waals surface area contributed by atoms with Gasteiger partial charge in [0.2, 0.25) is 0 Å². The predicted octanol–water partition coefficient (Wildman–Crippen LogP) is 2.09. The van der Waals surface area contributed by atoms with Crippen molar-refractivity contribution >= 4 is 16.5 Å². The molecule has 2 aliphatic rings. The van der Waals surface area contributed by atoms with Crippen LogP contribution >= 0.6 is 11.3 Å². The Kier molecular flexibility index (Phi) is 3.30. The number of thiazole rings is 1. The summed E-state index contributed by atoms with van der Waals surface area (Å²) >= 11 is 1.83. The highest BCUT2D eigenvalue weighted by molar-refractivity contribution is 7.15. The van der Waals surface area contributed by atoms with Gasteiger partial charge in [0.05, 0.1) is 17.9 Å². The quantitative estimate of drug-likeness (QED) is 0.846. The first-order valence-electron chi connectivity index (χ1n) is 6.79. The Morgan fingerprint density at radius 3 is 2.72 bits per heavy atom. The molecule has 1 aliphatic heterocycles.